The number of carbonyl (C=O) groups excluding carboxylic acids is 1. The fourth-order valence-corrected chi connectivity index (χ4v) is 4.42. The van der Waals surface area contributed by atoms with Crippen LogP contribution in [0.5, 0.6) is 5.75 Å². The first-order chi connectivity index (χ1) is 17.6. The normalized spacial score (nSPS) is 14.0. The molecule has 1 amide bonds. The number of ether oxygens (including phenoxy) is 1. The lowest BCUT2D eigenvalue weighted by Gasteiger charge is -2.32. The van der Waals surface area contributed by atoms with Gasteiger partial charge in [0, 0.05) is 42.9 Å². The SMILES string of the molecule is COc1ccccc1CNC(=O)C1CCN(c2ncccc2-c2nc(-c3cccc(F)c3)no2)CC1. The Hall–Kier alpha value is -4.27. The average molecular weight is 488 g/mol. The van der Waals surface area contributed by atoms with Gasteiger partial charge in [-0.2, -0.15) is 4.98 Å². The number of nitrogens with one attached hydrogen (secondary N) is 1. The number of methoxy groups -OCH3 is 1. The lowest BCUT2D eigenvalue weighted by Crippen LogP contribution is -2.40. The number of piperidine rings is 1. The summed E-state index contributed by atoms with van der Waals surface area (Å²) in [5.74, 6) is 1.70. The number of carbonyl (C=O) groups is 1. The number of aromatic nitrogens is 3. The van der Waals surface area contributed by atoms with E-state index >= 15 is 0 Å². The quantitative estimate of drug-likeness (QED) is 0.411. The van der Waals surface area contributed by atoms with Gasteiger partial charge in [-0.25, -0.2) is 9.37 Å². The second-order valence-electron chi connectivity index (χ2n) is 8.60. The summed E-state index contributed by atoms with van der Waals surface area (Å²) in [6.45, 7) is 1.77. The van der Waals surface area contributed by atoms with E-state index in [2.05, 4.69) is 25.3 Å². The number of amides is 1. The van der Waals surface area contributed by atoms with E-state index in [0.717, 1.165) is 17.1 Å². The predicted molar refractivity (Wildman–Crippen MR) is 133 cm³/mol. The molecule has 4 aromatic rings. The highest BCUT2D eigenvalue weighted by Crippen LogP contribution is 2.32. The predicted octanol–water partition coefficient (Wildman–Crippen LogP) is 4.48. The minimum atomic E-state index is -0.365. The fourth-order valence-electron chi connectivity index (χ4n) is 4.42. The van der Waals surface area contributed by atoms with Gasteiger partial charge in [0.25, 0.3) is 5.89 Å². The Balaban J connectivity index is 1.24. The van der Waals surface area contributed by atoms with E-state index in [9.17, 15) is 9.18 Å². The van der Waals surface area contributed by atoms with E-state index in [1.165, 1.54) is 12.1 Å². The Morgan fingerprint density at radius 1 is 1.14 bits per heavy atom. The second-order valence-corrected chi connectivity index (χ2v) is 8.60. The number of pyridine rings is 1. The van der Waals surface area contributed by atoms with Crippen molar-refractivity contribution >= 4 is 11.7 Å². The molecule has 3 heterocycles. The zero-order valence-electron chi connectivity index (χ0n) is 19.9. The molecule has 0 aliphatic carbocycles. The summed E-state index contributed by atoms with van der Waals surface area (Å²) in [5, 5.41) is 7.07. The first-order valence-corrected chi connectivity index (χ1v) is 11.8. The first kappa shape index (κ1) is 23.5. The van der Waals surface area contributed by atoms with Gasteiger partial charge < -0.3 is 19.5 Å². The molecule has 1 aliphatic heterocycles. The van der Waals surface area contributed by atoms with Crippen LogP contribution in [0.25, 0.3) is 22.8 Å². The van der Waals surface area contributed by atoms with E-state index < -0.39 is 0 Å². The highest BCUT2D eigenvalue weighted by Gasteiger charge is 2.28. The average Bonchev–Trinajstić information content (AvgIpc) is 3.42. The largest absolute Gasteiger partial charge is 0.496 e. The summed E-state index contributed by atoms with van der Waals surface area (Å²) in [6.07, 6.45) is 3.12. The van der Waals surface area contributed by atoms with Crippen LogP contribution in [0.3, 0.4) is 0 Å². The number of para-hydroxylation sites is 1. The zero-order chi connectivity index (χ0) is 24.9. The second kappa shape index (κ2) is 10.6. The molecule has 36 heavy (non-hydrogen) atoms. The molecule has 2 aromatic carbocycles. The Morgan fingerprint density at radius 3 is 2.78 bits per heavy atom. The Kier molecular flexibility index (Phi) is 6.88. The van der Waals surface area contributed by atoms with Crippen LogP contribution in [0, 0.1) is 11.7 Å². The highest BCUT2D eigenvalue weighted by molar-refractivity contribution is 5.79. The van der Waals surface area contributed by atoms with Crippen LogP contribution >= 0.6 is 0 Å². The van der Waals surface area contributed by atoms with Crippen molar-refractivity contribution in [2.45, 2.75) is 19.4 Å². The minimum Gasteiger partial charge on any atom is -0.496 e. The van der Waals surface area contributed by atoms with Crippen molar-refractivity contribution in [2.24, 2.45) is 5.92 Å². The third kappa shape index (κ3) is 5.05. The van der Waals surface area contributed by atoms with E-state index in [1.54, 1.807) is 25.4 Å². The number of hydrogen-bond acceptors (Lipinski definition) is 7. The molecule has 1 N–H and O–H groups in total. The maximum Gasteiger partial charge on any atom is 0.261 e. The van der Waals surface area contributed by atoms with Crippen molar-refractivity contribution in [1.29, 1.82) is 0 Å². The van der Waals surface area contributed by atoms with Crippen LogP contribution in [-0.2, 0) is 11.3 Å². The summed E-state index contributed by atoms with van der Waals surface area (Å²) in [4.78, 5) is 24.0. The summed E-state index contributed by atoms with van der Waals surface area (Å²) >= 11 is 0. The number of halogens is 1. The molecule has 2 aromatic heterocycles. The van der Waals surface area contributed by atoms with Crippen molar-refractivity contribution in [3.05, 3.63) is 78.2 Å². The van der Waals surface area contributed by atoms with Gasteiger partial charge in [0.2, 0.25) is 11.7 Å². The van der Waals surface area contributed by atoms with Crippen LogP contribution in [0.4, 0.5) is 10.2 Å². The zero-order valence-corrected chi connectivity index (χ0v) is 19.9. The molecular weight excluding hydrogens is 461 g/mol. The van der Waals surface area contributed by atoms with Gasteiger partial charge in [-0.15, -0.1) is 0 Å². The molecule has 5 rings (SSSR count). The van der Waals surface area contributed by atoms with Crippen molar-refractivity contribution in [2.75, 3.05) is 25.1 Å². The topological polar surface area (TPSA) is 93.4 Å². The molecule has 8 nitrogen and oxygen atoms in total. The smallest absolute Gasteiger partial charge is 0.261 e. The van der Waals surface area contributed by atoms with E-state index in [1.807, 2.05) is 36.4 Å². The first-order valence-electron chi connectivity index (χ1n) is 11.8. The van der Waals surface area contributed by atoms with Gasteiger partial charge in [-0.1, -0.05) is 35.5 Å². The van der Waals surface area contributed by atoms with Gasteiger partial charge in [-0.3, -0.25) is 4.79 Å². The molecule has 1 saturated heterocycles. The molecule has 0 atom stereocenters. The van der Waals surface area contributed by atoms with Crippen molar-refractivity contribution in [3.63, 3.8) is 0 Å². The van der Waals surface area contributed by atoms with Crippen molar-refractivity contribution in [1.82, 2.24) is 20.4 Å². The Bertz CT molecular complexity index is 1350. The van der Waals surface area contributed by atoms with Gasteiger partial charge >= 0.3 is 0 Å². The third-order valence-electron chi connectivity index (χ3n) is 6.34. The van der Waals surface area contributed by atoms with Crippen LogP contribution in [0.2, 0.25) is 0 Å². The number of rotatable bonds is 7. The summed E-state index contributed by atoms with van der Waals surface area (Å²) in [6, 6.07) is 17.4. The van der Waals surface area contributed by atoms with Crippen molar-refractivity contribution in [3.8, 4) is 28.6 Å². The maximum absolute atomic E-state index is 13.6. The summed E-state index contributed by atoms with van der Waals surface area (Å²) in [5.41, 5.74) is 2.18. The lowest BCUT2D eigenvalue weighted by atomic mass is 9.95. The lowest BCUT2D eigenvalue weighted by molar-refractivity contribution is -0.125. The van der Waals surface area contributed by atoms with Crippen LogP contribution in [0.1, 0.15) is 18.4 Å². The van der Waals surface area contributed by atoms with Gasteiger partial charge in [0.15, 0.2) is 0 Å². The Morgan fingerprint density at radius 2 is 1.97 bits per heavy atom. The standard InChI is InChI=1S/C27H26FN5O3/c1-35-23-10-3-2-6-20(23)17-30-26(34)18-11-14-33(15-12-18)25-22(9-5-13-29-25)27-31-24(32-36-27)19-7-4-8-21(28)16-19/h2-10,13,16,18H,11-12,14-15,17H2,1H3,(H,30,34). The van der Waals surface area contributed by atoms with E-state index in [0.29, 0.717) is 55.3 Å². The number of hydrogen-bond donors (Lipinski definition) is 1. The number of nitrogens with zero attached hydrogens (tertiary/aromatic N) is 4. The number of anilines is 1. The van der Waals surface area contributed by atoms with Gasteiger partial charge in [-0.05, 0) is 43.2 Å². The molecule has 0 saturated carbocycles. The van der Waals surface area contributed by atoms with E-state index in [-0.39, 0.29) is 17.6 Å². The van der Waals surface area contributed by atoms with Gasteiger partial charge in [0.05, 0.1) is 12.7 Å². The number of benzene rings is 2. The molecule has 0 bridgehead atoms. The molecule has 0 unspecified atom stereocenters. The molecule has 184 valence electrons. The highest BCUT2D eigenvalue weighted by atomic mass is 19.1. The third-order valence-corrected chi connectivity index (χ3v) is 6.34. The monoisotopic (exact) mass is 487 g/mol. The molecule has 0 spiro atoms. The molecular formula is C27H26FN5O3. The van der Waals surface area contributed by atoms with E-state index in [4.69, 9.17) is 9.26 Å². The van der Waals surface area contributed by atoms with Crippen LogP contribution in [-0.4, -0.2) is 41.2 Å². The maximum atomic E-state index is 13.6. The molecule has 1 aliphatic rings. The van der Waals surface area contributed by atoms with Crippen molar-refractivity contribution < 1.29 is 18.4 Å². The fraction of sp³-hybridized carbons (Fsp3) is 0.259. The molecule has 9 heteroatoms. The Labute approximate surface area is 208 Å². The minimum absolute atomic E-state index is 0.0402. The van der Waals surface area contributed by atoms with Crippen LogP contribution < -0.4 is 15.0 Å². The van der Waals surface area contributed by atoms with Gasteiger partial charge in [0.1, 0.15) is 17.4 Å². The summed E-state index contributed by atoms with van der Waals surface area (Å²) in [7, 11) is 1.62. The summed E-state index contributed by atoms with van der Waals surface area (Å²) < 4.78 is 24.5. The molecule has 0 radical (unpaired) electrons. The van der Waals surface area contributed by atoms with Crippen LogP contribution in [0.15, 0.2) is 71.4 Å². The molecule has 1 fully saturated rings.